The fourth-order valence-electron chi connectivity index (χ4n) is 3.33. The van der Waals surface area contributed by atoms with Crippen LogP contribution in [-0.4, -0.2) is 64.1 Å². The van der Waals surface area contributed by atoms with Crippen LogP contribution in [0.2, 0.25) is 0 Å². The second-order valence-electron chi connectivity index (χ2n) is 6.94. The quantitative estimate of drug-likeness (QED) is 0.853. The van der Waals surface area contributed by atoms with Crippen molar-refractivity contribution in [2.45, 2.75) is 32.5 Å². The molecule has 2 aromatic rings. The van der Waals surface area contributed by atoms with Crippen molar-refractivity contribution in [3.63, 3.8) is 0 Å². The van der Waals surface area contributed by atoms with Crippen LogP contribution in [0.5, 0.6) is 0 Å². The van der Waals surface area contributed by atoms with Gasteiger partial charge in [-0.2, -0.15) is 5.10 Å². The maximum absolute atomic E-state index is 13.0. The summed E-state index contributed by atoms with van der Waals surface area (Å²) in [6.07, 6.45) is 1.50. The van der Waals surface area contributed by atoms with Crippen LogP contribution in [-0.2, 0) is 16.5 Å². The number of hydrogen-bond acceptors (Lipinski definition) is 5. The van der Waals surface area contributed by atoms with Gasteiger partial charge in [0.1, 0.15) is 0 Å². The normalized spacial score (nSPS) is 20.5. The second-order valence-corrected chi connectivity index (χ2v) is 6.94. The number of fused-ring (bicyclic) bond motifs is 1. The Bertz CT molecular complexity index is 769. The summed E-state index contributed by atoms with van der Waals surface area (Å²) in [5.74, 6) is -0.0369. The van der Waals surface area contributed by atoms with Crippen molar-refractivity contribution < 1.29 is 14.3 Å². The molecule has 0 saturated carbocycles. The highest BCUT2D eigenvalue weighted by atomic mass is 16.5. The number of carbonyl (C=O) groups is 1. The topological polar surface area (TPSA) is 69.5 Å². The van der Waals surface area contributed by atoms with Gasteiger partial charge in [-0.25, -0.2) is 4.98 Å². The van der Waals surface area contributed by atoms with Crippen molar-refractivity contribution in [2.24, 2.45) is 7.05 Å². The Hall–Kier alpha value is -1.99. The minimum atomic E-state index is -0.404. The van der Waals surface area contributed by atoms with Crippen LogP contribution in [0.3, 0.4) is 0 Å². The van der Waals surface area contributed by atoms with Crippen LogP contribution < -0.4 is 0 Å². The maximum Gasteiger partial charge on any atom is 0.255 e. The van der Waals surface area contributed by atoms with E-state index in [0.717, 1.165) is 16.7 Å². The SMILES string of the molecule is COC[C@H]1CN(C(=O)c2cnc3c(c2)c(C)nn3C)CC(C)(C)O1. The zero-order valence-corrected chi connectivity index (χ0v) is 14.9. The smallest absolute Gasteiger partial charge is 0.255 e. The van der Waals surface area contributed by atoms with E-state index in [1.165, 1.54) is 0 Å². The summed E-state index contributed by atoms with van der Waals surface area (Å²) in [6, 6.07) is 1.88. The first-order chi connectivity index (χ1) is 11.3. The lowest BCUT2D eigenvalue weighted by Gasteiger charge is -2.42. The number of aryl methyl sites for hydroxylation is 2. The number of rotatable bonds is 3. The van der Waals surface area contributed by atoms with Gasteiger partial charge in [-0.1, -0.05) is 0 Å². The van der Waals surface area contributed by atoms with Crippen molar-refractivity contribution in [1.82, 2.24) is 19.7 Å². The molecule has 7 nitrogen and oxygen atoms in total. The lowest BCUT2D eigenvalue weighted by molar-refractivity contribution is -0.143. The van der Waals surface area contributed by atoms with E-state index in [1.807, 2.05) is 38.8 Å². The third kappa shape index (κ3) is 3.14. The first-order valence-electron chi connectivity index (χ1n) is 8.06. The molecule has 2 aromatic heterocycles. The first-order valence-corrected chi connectivity index (χ1v) is 8.06. The van der Waals surface area contributed by atoms with E-state index in [9.17, 15) is 4.79 Å². The van der Waals surface area contributed by atoms with Gasteiger partial charge in [0.25, 0.3) is 5.91 Å². The number of nitrogens with zero attached hydrogens (tertiary/aromatic N) is 4. The van der Waals surface area contributed by atoms with Gasteiger partial charge in [0.05, 0.1) is 29.6 Å². The minimum Gasteiger partial charge on any atom is -0.382 e. The highest BCUT2D eigenvalue weighted by Crippen LogP contribution is 2.24. The zero-order chi connectivity index (χ0) is 17.5. The molecule has 0 aliphatic carbocycles. The number of aromatic nitrogens is 3. The highest BCUT2D eigenvalue weighted by Gasteiger charge is 2.36. The Morgan fingerprint density at radius 3 is 2.96 bits per heavy atom. The largest absolute Gasteiger partial charge is 0.382 e. The average Bonchev–Trinajstić information content (AvgIpc) is 2.79. The lowest BCUT2D eigenvalue weighted by atomic mass is 10.0. The predicted molar refractivity (Wildman–Crippen MR) is 90.0 cm³/mol. The van der Waals surface area contributed by atoms with Crippen molar-refractivity contribution in [1.29, 1.82) is 0 Å². The third-order valence-corrected chi connectivity index (χ3v) is 4.23. The molecular formula is C17H24N4O3. The van der Waals surface area contributed by atoms with E-state index in [2.05, 4.69) is 10.1 Å². The summed E-state index contributed by atoms with van der Waals surface area (Å²) in [5, 5.41) is 5.26. The van der Waals surface area contributed by atoms with E-state index in [0.29, 0.717) is 25.3 Å². The van der Waals surface area contributed by atoms with Gasteiger partial charge >= 0.3 is 0 Å². The molecule has 130 valence electrons. The summed E-state index contributed by atoms with van der Waals surface area (Å²) in [7, 11) is 3.49. The molecule has 24 heavy (non-hydrogen) atoms. The molecule has 0 aromatic carbocycles. The maximum atomic E-state index is 13.0. The molecular weight excluding hydrogens is 308 g/mol. The van der Waals surface area contributed by atoms with Crippen molar-refractivity contribution >= 4 is 16.9 Å². The predicted octanol–water partition coefficient (Wildman–Crippen LogP) is 1.54. The fourth-order valence-corrected chi connectivity index (χ4v) is 3.33. The number of carbonyl (C=O) groups excluding carboxylic acids is 1. The van der Waals surface area contributed by atoms with Crippen molar-refractivity contribution in [2.75, 3.05) is 26.8 Å². The van der Waals surface area contributed by atoms with Crippen LogP contribution in [0.1, 0.15) is 29.9 Å². The number of morpholine rings is 1. The molecule has 1 saturated heterocycles. The van der Waals surface area contributed by atoms with E-state index >= 15 is 0 Å². The lowest BCUT2D eigenvalue weighted by Crippen LogP contribution is -2.55. The molecule has 0 radical (unpaired) electrons. The van der Waals surface area contributed by atoms with Crippen LogP contribution in [0.4, 0.5) is 0 Å². The highest BCUT2D eigenvalue weighted by molar-refractivity contribution is 5.97. The number of hydrogen-bond donors (Lipinski definition) is 0. The van der Waals surface area contributed by atoms with Gasteiger partial charge in [0, 0.05) is 38.8 Å². The molecule has 1 aliphatic rings. The van der Waals surface area contributed by atoms with Gasteiger partial charge in [-0.3, -0.25) is 9.48 Å². The first kappa shape index (κ1) is 16.9. The Morgan fingerprint density at radius 2 is 2.25 bits per heavy atom. The van der Waals surface area contributed by atoms with Crippen LogP contribution in [0, 0.1) is 6.92 Å². The summed E-state index contributed by atoms with van der Waals surface area (Å²) in [5.41, 5.74) is 1.82. The van der Waals surface area contributed by atoms with Gasteiger partial charge in [-0.15, -0.1) is 0 Å². The van der Waals surface area contributed by atoms with Gasteiger partial charge in [0.2, 0.25) is 0 Å². The van der Waals surface area contributed by atoms with Gasteiger partial charge < -0.3 is 14.4 Å². The van der Waals surface area contributed by atoms with E-state index in [1.54, 1.807) is 18.0 Å². The number of ether oxygens (including phenoxy) is 2. The number of pyridine rings is 1. The third-order valence-electron chi connectivity index (χ3n) is 4.23. The number of amides is 1. The monoisotopic (exact) mass is 332 g/mol. The van der Waals surface area contributed by atoms with Crippen LogP contribution >= 0.6 is 0 Å². The molecule has 3 rings (SSSR count). The molecule has 1 aliphatic heterocycles. The van der Waals surface area contributed by atoms with Crippen LogP contribution in [0.25, 0.3) is 11.0 Å². The zero-order valence-electron chi connectivity index (χ0n) is 14.9. The Kier molecular flexibility index (Phi) is 4.31. The van der Waals surface area contributed by atoms with E-state index < -0.39 is 5.60 Å². The van der Waals surface area contributed by atoms with Crippen molar-refractivity contribution in [3.05, 3.63) is 23.5 Å². The summed E-state index contributed by atoms with van der Waals surface area (Å²) >= 11 is 0. The van der Waals surface area contributed by atoms with Gasteiger partial charge in [-0.05, 0) is 26.8 Å². The summed E-state index contributed by atoms with van der Waals surface area (Å²) < 4.78 is 12.9. The fraction of sp³-hybridized carbons (Fsp3) is 0.588. The molecule has 0 N–H and O–H groups in total. The molecule has 3 heterocycles. The molecule has 0 spiro atoms. The second kappa shape index (κ2) is 6.14. The Morgan fingerprint density at radius 1 is 1.50 bits per heavy atom. The van der Waals surface area contributed by atoms with E-state index in [-0.39, 0.29) is 12.0 Å². The van der Waals surface area contributed by atoms with Crippen LogP contribution in [0.15, 0.2) is 12.3 Å². The molecule has 0 bridgehead atoms. The average molecular weight is 332 g/mol. The summed E-state index contributed by atoms with van der Waals surface area (Å²) in [6.45, 7) is 7.41. The van der Waals surface area contributed by atoms with Gasteiger partial charge in [0.15, 0.2) is 5.65 Å². The van der Waals surface area contributed by atoms with E-state index in [4.69, 9.17) is 9.47 Å². The molecule has 1 fully saturated rings. The molecule has 1 atom stereocenters. The Balaban J connectivity index is 1.88. The van der Waals surface area contributed by atoms with Crippen molar-refractivity contribution in [3.8, 4) is 0 Å². The molecule has 0 unspecified atom stereocenters. The molecule has 1 amide bonds. The molecule has 7 heteroatoms. The minimum absolute atomic E-state index is 0.0369. The Labute approximate surface area is 141 Å². The summed E-state index contributed by atoms with van der Waals surface area (Å²) in [4.78, 5) is 19.2. The standard InChI is InChI=1S/C17H24N4O3/c1-11-14-6-12(7-18-15(14)20(4)19-11)16(22)21-8-13(9-23-5)24-17(2,3)10-21/h6-7,13H,8-10H2,1-5H3/t13-/m1/s1. The number of methoxy groups -OCH3 is 1.